The molecule has 0 bridgehead atoms. The van der Waals surface area contributed by atoms with Gasteiger partial charge in [0.05, 0.1) is 19.1 Å². The van der Waals surface area contributed by atoms with Crippen LogP contribution in [-0.4, -0.2) is 57.1 Å². The zero-order valence-corrected chi connectivity index (χ0v) is 22.7. The van der Waals surface area contributed by atoms with Crippen molar-refractivity contribution in [2.45, 2.75) is 64.6 Å². The van der Waals surface area contributed by atoms with Crippen molar-refractivity contribution in [1.82, 2.24) is 10.2 Å². The van der Waals surface area contributed by atoms with E-state index in [1.54, 1.807) is 37.3 Å². The summed E-state index contributed by atoms with van der Waals surface area (Å²) in [4.78, 5) is 28.2. The van der Waals surface area contributed by atoms with Crippen molar-refractivity contribution in [3.8, 4) is 5.75 Å². The normalized spacial score (nSPS) is 15.1. The lowest BCUT2D eigenvalue weighted by Gasteiger charge is -2.33. The first kappa shape index (κ1) is 28.4. The largest absolute Gasteiger partial charge is 0.495 e. The van der Waals surface area contributed by atoms with E-state index >= 15 is 0 Å². The number of hydrogen-bond acceptors (Lipinski definition) is 5. The number of benzene rings is 2. The maximum atomic E-state index is 13.7. The monoisotopic (exact) mass is 533 g/mol. The first-order chi connectivity index (χ1) is 17.5. The number of aryl methyl sites for hydroxylation is 1. The molecule has 1 aliphatic rings. The van der Waals surface area contributed by atoms with Gasteiger partial charge in [0.1, 0.15) is 24.2 Å². The van der Waals surface area contributed by atoms with Crippen LogP contribution in [0.25, 0.3) is 0 Å². The van der Waals surface area contributed by atoms with E-state index in [1.165, 1.54) is 24.1 Å². The molecule has 8 nitrogen and oxygen atoms in total. The smallest absolute Gasteiger partial charge is 0.244 e. The first-order valence-corrected chi connectivity index (χ1v) is 14.3. The van der Waals surface area contributed by atoms with E-state index < -0.39 is 34.3 Å². The highest BCUT2D eigenvalue weighted by atomic mass is 32.2. The van der Waals surface area contributed by atoms with Gasteiger partial charge in [-0.3, -0.25) is 13.9 Å². The number of carbonyl (C=O) groups is 2. The molecule has 1 atom stereocenters. The van der Waals surface area contributed by atoms with Crippen LogP contribution in [0.3, 0.4) is 0 Å². The average Bonchev–Trinajstić information content (AvgIpc) is 2.86. The number of ether oxygens (including phenoxy) is 1. The van der Waals surface area contributed by atoms with Crippen molar-refractivity contribution in [1.29, 1.82) is 0 Å². The minimum Gasteiger partial charge on any atom is -0.495 e. The summed E-state index contributed by atoms with van der Waals surface area (Å²) in [5.41, 5.74) is 1.64. The van der Waals surface area contributed by atoms with E-state index in [9.17, 15) is 22.4 Å². The van der Waals surface area contributed by atoms with Crippen LogP contribution in [0.1, 0.15) is 50.2 Å². The molecule has 0 unspecified atom stereocenters. The fourth-order valence-electron chi connectivity index (χ4n) is 4.53. The highest BCUT2D eigenvalue weighted by Gasteiger charge is 2.32. The third-order valence-corrected chi connectivity index (χ3v) is 7.79. The fourth-order valence-corrected chi connectivity index (χ4v) is 5.37. The second-order valence-corrected chi connectivity index (χ2v) is 11.5. The zero-order valence-electron chi connectivity index (χ0n) is 21.9. The summed E-state index contributed by atoms with van der Waals surface area (Å²) >= 11 is 0. The molecule has 2 amide bonds. The van der Waals surface area contributed by atoms with Gasteiger partial charge in [0.15, 0.2) is 0 Å². The van der Waals surface area contributed by atoms with E-state index in [-0.39, 0.29) is 24.2 Å². The Labute approximate surface area is 218 Å². The van der Waals surface area contributed by atoms with E-state index in [0.29, 0.717) is 11.3 Å². The van der Waals surface area contributed by atoms with Gasteiger partial charge in [-0.1, -0.05) is 37.5 Å². The fraction of sp³-hybridized carbons (Fsp3) is 0.481. The van der Waals surface area contributed by atoms with Crippen molar-refractivity contribution in [3.05, 3.63) is 59.4 Å². The Morgan fingerprint density at radius 2 is 1.76 bits per heavy atom. The number of carbonyl (C=O) groups excluding carboxylic acids is 2. The molecular weight excluding hydrogens is 497 g/mol. The van der Waals surface area contributed by atoms with Gasteiger partial charge in [-0.2, -0.15) is 0 Å². The first-order valence-electron chi connectivity index (χ1n) is 12.5. The molecule has 0 aliphatic heterocycles. The van der Waals surface area contributed by atoms with Gasteiger partial charge in [0.2, 0.25) is 21.8 Å². The summed E-state index contributed by atoms with van der Waals surface area (Å²) in [6.07, 6.45) is 6.02. The van der Waals surface area contributed by atoms with Crippen LogP contribution in [0.4, 0.5) is 10.1 Å². The van der Waals surface area contributed by atoms with Crippen molar-refractivity contribution in [2.75, 3.05) is 24.2 Å². The molecule has 0 heterocycles. The average molecular weight is 534 g/mol. The maximum Gasteiger partial charge on any atom is 0.244 e. The van der Waals surface area contributed by atoms with Crippen LogP contribution >= 0.6 is 0 Å². The number of sulfonamides is 1. The van der Waals surface area contributed by atoms with Gasteiger partial charge in [0, 0.05) is 12.6 Å². The van der Waals surface area contributed by atoms with Crippen LogP contribution in [0.5, 0.6) is 5.75 Å². The standard InChI is InChI=1S/C27H36FN3O5S/c1-19-10-15-25(36-3)24(16-19)31(37(4,34)35)18-26(32)30(17-21-11-13-22(28)14-12-21)20(2)27(33)29-23-8-6-5-7-9-23/h10-16,20,23H,5-9,17-18H2,1-4H3,(H,29,33)/t20-/m0/s1. The lowest BCUT2D eigenvalue weighted by molar-refractivity contribution is -0.139. The molecule has 1 N–H and O–H groups in total. The molecule has 1 aliphatic carbocycles. The summed E-state index contributed by atoms with van der Waals surface area (Å²) in [5.74, 6) is -0.984. The number of hydrogen-bond donors (Lipinski definition) is 1. The topological polar surface area (TPSA) is 96.0 Å². The van der Waals surface area contributed by atoms with Gasteiger partial charge >= 0.3 is 0 Å². The molecule has 202 valence electrons. The lowest BCUT2D eigenvalue weighted by Crippen LogP contribution is -2.53. The summed E-state index contributed by atoms with van der Waals surface area (Å²) in [5, 5.41) is 3.05. The molecular formula is C27H36FN3O5S. The molecule has 0 radical (unpaired) electrons. The molecule has 2 aromatic carbocycles. The van der Waals surface area contributed by atoms with Crippen LogP contribution in [-0.2, 0) is 26.2 Å². The Bertz CT molecular complexity index is 1200. The molecule has 37 heavy (non-hydrogen) atoms. The third kappa shape index (κ3) is 7.67. The molecule has 3 rings (SSSR count). The third-order valence-electron chi connectivity index (χ3n) is 6.67. The van der Waals surface area contributed by atoms with E-state index in [4.69, 9.17) is 4.74 Å². The van der Waals surface area contributed by atoms with Crippen molar-refractivity contribution in [2.24, 2.45) is 0 Å². The number of anilines is 1. The van der Waals surface area contributed by atoms with Gasteiger partial charge in [-0.05, 0) is 62.1 Å². The SMILES string of the molecule is COc1ccc(C)cc1N(CC(=O)N(Cc1ccc(F)cc1)[C@@H](C)C(=O)NC1CCCCC1)S(C)(=O)=O. The number of methoxy groups -OCH3 is 1. The summed E-state index contributed by atoms with van der Waals surface area (Å²) in [6.45, 7) is 2.92. The molecule has 1 fully saturated rings. The van der Waals surface area contributed by atoms with Gasteiger partial charge < -0.3 is 15.0 Å². The maximum absolute atomic E-state index is 13.7. The predicted molar refractivity (Wildman–Crippen MR) is 141 cm³/mol. The number of nitrogens with one attached hydrogen (secondary N) is 1. The number of halogens is 1. The lowest BCUT2D eigenvalue weighted by atomic mass is 9.95. The van der Waals surface area contributed by atoms with E-state index in [1.807, 2.05) is 6.92 Å². The summed E-state index contributed by atoms with van der Waals surface area (Å²) in [7, 11) is -2.46. The van der Waals surface area contributed by atoms with Crippen LogP contribution < -0.4 is 14.4 Å². The molecule has 2 aromatic rings. The Morgan fingerprint density at radius 1 is 1.11 bits per heavy atom. The predicted octanol–water partition coefficient (Wildman–Crippen LogP) is 3.77. The number of amides is 2. The summed E-state index contributed by atoms with van der Waals surface area (Å²) < 4.78 is 45.5. The van der Waals surface area contributed by atoms with Crippen LogP contribution in [0.15, 0.2) is 42.5 Å². The van der Waals surface area contributed by atoms with Gasteiger partial charge in [-0.15, -0.1) is 0 Å². The second kappa shape index (κ2) is 12.4. The Morgan fingerprint density at radius 3 is 2.35 bits per heavy atom. The van der Waals surface area contributed by atoms with Gasteiger partial charge in [-0.25, -0.2) is 12.8 Å². The Kier molecular flexibility index (Phi) is 9.53. The van der Waals surface area contributed by atoms with Crippen LogP contribution in [0.2, 0.25) is 0 Å². The zero-order chi connectivity index (χ0) is 27.2. The number of rotatable bonds is 10. The molecule has 10 heteroatoms. The highest BCUT2D eigenvalue weighted by Crippen LogP contribution is 2.31. The van der Waals surface area contributed by atoms with Gasteiger partial charge in [0.25, 0.3) is 0 Å². The van der Waals surface area contributed by atoms with Crippen molar-refractivity contribution >= 4 is 27.5 Å². The second-order valence-electron chi connectivity index (χ2n) is 9.61. The Hall–Kier alpha value is -3.14. The van der Waals surface area contributed by atoms with Crippen molar-refractivity contribution < 1.29 is 27.1 Å². The quantitative estimate of drug-likeness (QED) is 0.502. The molecule has 0 spiro atoms. The Balaban J connectivity index is 1.91. The molecule has 0 aromatic heterocycles. The highest BCUT2D eigenvalue weighted by molar-refractivity contribution is 7.92. The minimum absolute atomic E-state index is 0.0148. The van der Waals surface area contributed by atoms with E-state index in [0.717, 1.165) is 48.2 Å². The summed E-state index contributed by atoms with van der Waals surface area (Å²) in [6, 6.07) is 9.88. The molecule has 1 saturated carbocycles. The van der Waals surface area contributed by atoms with E-state index in [2.05, 4.69) is 5.32 Å². The van der Waals surface area contributed by atoms with Crippen molar-refractivity contribution in [3.63, 3.8) is 0 Å². The minimum atomic E-state index is -3.89. The number of nitrogens with zero attached hydrogens (tertiary/aromatic N) is 2. The van der Waals surface area contributed by atoms with Crippen LogP contribution in [0, 0.1) is 12.7 Å². The molecule has 0 saturated heterocycles.